The second kappa shape index (κ2) is 21.6. The predicted octanol–water partition coefficient (Wildman–Crippen LogP) is 5.33. The Morgan fingerprint density at radius 1 is 0.662 bits per heavy atom. The Hall–Kier alpha value is -1.59. The van der Waals surface area contributed by atoms with Crippen LogP contribution in [0.15, 0.2) is 24.3 Å². The van der Waals surface area contributed by atoms with Crippen molar-refractivity contribution in [2.75, 3.05) is 6.61 Å². The molecule has 0 aliphatic carbocycles. The van der Waals surface area contributed by atoms with Crippen molar-refractivity contribution in [1.29, 1.82) is 0 Å². The number of hydrogen-bond donors (Lipinski definition) is 3. The zero-order valence-corrected chi connectivity index (χ0v) is 46.9. The molecule has 3 N–H and O–H groups in total. The molecule has 11 aliphatic heterocycles. The molecular formula is C54H82O21S2. The lowest BCUT2D eigenvalue weighted by Crippen LogP contribution is -2.73. The van der Waals surface area contributed by atoms with E-state index in [1.807, 2.05) is 13.0 Å². The molecule has 0 amide bonds. The standard InChI is InChI=1S/C54H82O21S2/c1-8-9-10-11-13-30(55)47-29(3)20-39-38(70-47)26-46-54(7,73-39)50(56)49-42(69-46)24-41-48(71-49)28(2)14-17-52(5)44(68-41)27-43-53(6,75-52)18-15-31-32(67-43)21-34-33(64-31)22-35-36(65-34)23-40-37(66-35)25-45(74-77(60,61)62)51(4,72-40)16-12-19-63-76(57,58)59/h11,13,28,31-50,56H,3,8-10,12,14-27H2,1-2,4-7H3,(H,57,58,59)(H,60,61,62)/b13-11+/t28-,31-,32+,33+,34-,35-,36+,37+,38+,39-,40-,41-,42+,43-,44+,45-,46-,47-,48+,49+,50+,51+,52-,53+,54+/m0/s1. The van der Waals surface area contributed by atoms with E-state index in [-0.39, 0.29) is 98.6 Å². The number of aliphatic hydroxyl groups is 1. The van der Waals surface area contributed by atoms with Gasteiger partial charge in [-0.1, -0.05) is 39.3 Å². The fraction of sp³-hybridized carbons (Fsp3) is 0.907. The maximum absolute atomic E-state index is 13.3. The van der Waals surface area contributed by atoms with Crippen LogP contribution in [0.1, 0.15) is 151 Å². The Bertz CT molecular complexity index is 2440. The third kappa shape index (κ3) is 11.5. The van der Waals surface area contributed by atoms with Crippen LogP contribution >= 0.6 is 0 Å². The van der Waals surface area contributed by atoms with Gasteiger partial charge in [0.05, 0.1) is 121 Å². The second-order valence-electron chi connectivity index (χ2n) is 25.1. The highest BCUT2D eigenvalue weighted by atomic mass is 32.3. The van der Waals surface area contributed by atoms with Crippen LogP contribution in [0.4, 0.5) is 0 Å². The van der Waals surface area contributed by atoms with E-state index in [4.69, 9.17) is 60.8 Å². The topological polar surface area (TPSA) is 266 Å². The Labute approximate surface area is 453 Å². The molecule has 0 bridgehead atoms. The normalized spacial score (nSPS) is 50.7. The van der Waals surface area contributed by atoms with Crippen molar-refractivity contribution >= 4 is 26.6 Å². The number of unbranched alkanes of at least 4 members (excludes halogenated alkanes) is 2. The van der Waals surface area contributed by atoms with Crippen LogP contribution in [-0.4, -0.2) is 188 Å². The van der Waals surface area contributed by atoms with Gasteiger partial charge in [-0.3, -0.25) is 13.9 Å². The van der Waals surface area contributed by atoms with Crippen molar-refractivity contribution in [2.24, 2.45) is 5.92 Å². The number of fused-ring (bicyclic) bond motifs is 10. The summed E-state index contributed by atoms with van der Waals surface area (Å²) in [5, 5.41) is 12.3. The smallest absolute Gasteiger partial charge is 0.387 e. The third-order valence-electron chi connectivity index (χ3n) is 19.5. The van der Waals surface area contributed by atoms with Gasteiger partial charge in [-0.25, -0.2) is 8.37 Å². The highest BCUT2D eigenvalue weighted by molar-refractivity contribution is 7.81. The zero-order chi connectivity index (χ0) is 54.6. The minimum absolute atomic E-state index is 0.0638. The van der Waals surface area contributed by atoms with Gasteiger partial charge in [-0.15, -0.1) is 0 Å². The summed E-state index contributed by atoms with van der Waals surface area (Å²) in [5.74, 6) is -0.0425. The summed E-state index contributed by atoms with van der Waals surface area (Å²) >= 11 is 0. The lowest BCUT2D eigenvalue weighted by Gasteiger charge is -2.60. The maximum Gasteiger partial charge on any atom is 0.397 e. The summed E-state index contributed by atoms with van der Waals surface area (Å²) in [6, 6.07) is 0. The summed E-state index contributed by atoms with van der Waals surface area (Å²) in [6.07, 6.45) is 3.27. The Kier molecular flexibility index (Phi) is 16.0. The number of hydrogen-bond acceptors (Lipinski definition) is 19. The summed E-state index contributed by atoms with van der Waals surface area (Å²) in [4.78, 5) is 13.3. The van der Waals surface area contributed by atoms with Crippen LogP contribution < -0.4 is 0 Å². The van der Waals surface area contributed by atoms with E-state index in [0.717, 1.165) is 32.1 Å². The third-order valence-corrected chi connectivity index (χ3v) is 20.5. The van der Waals surface area contributed by atoms with Crippen LogP contribution in [0.2, 0.25) is 0 Å². The molecule has 25 atom stereocenters. The summed E-state index contributed by atoms with van der Waals surface area (Å²) in [5.41, 5.74) is -2.99. The Morgan fingerprint density at radius 2 is 1.25 bits per heavy atom. The van der Waals surface area contributed by atoms with Crippen molar-refractivity contribution in [3.05, 3.63) is 24.3 Å². The number of carbonyl (C=O) groups excluding carboxylic acids is 1. The number of ketones is 1. The number of ether oxygens (including phenoxy) is 11. The molecule has 11 rings (SSSR count). The number of rotatable bonds is 12. The van der Waals surface area contributed by atoms with Crippen LogP contribution in [-0.2, 0) is 86.1 Å². The monoisotopic (exact) mass is 1130 g/mol. The van der Waals surface area contributed by atoms with Crippen LogP contribution in [0.25, 0.3) is 0 Å². The van der Waals surface area contributed by atoms with Crippen LogP contribution in [0, 0.1) is 5.92 Å². The lowest BCUT2D eigenvalue weighted by molar-refractivity contribution is -0.367. The fourth-order valence-electron chi connectivity index (χ4n) is 15.2. The first-order valence-electron chi connectivity index (χ1n) is 28.5. The molecule has 11 fully saturated rings. The molecular weight excluding hydrogens is 1050 g/mol. The molecule has 21 nitrogen and oxygen atoms in total. The van der Waals surface area contributed by atoms with Crippen molar-refractivity contribution < 1.29 is 96.3 Å². The molecule has 0 spiro atoms. The molecule has 11 saturated heterocycles. The lowest BCUT2D eigenvalue weighted by atomic mass is 9.73. The first-order valence-corrected chi connectivity index (χ1v) is 31.2. The summed E-state index contributed by atoms with van der Waals surface area (Å²) < 4.78 is 150. The molecule has 77 heavy (non-hydrogen) atoms. The van der Waals surface area contributed by atoms with Crippen LogP contribution in [0.5, 0.6) is 0 Å². The van der Waals surface area contributed by atoms with Crippen LogP contribution in [0.3, 0.4) is 0 Å². The van der Waals surface area contributed by atoms with Gasteiger partial charge < -0.3 is 57.2 Å². The van der Waals surface area contributed by atoms with Gasteiger partial charge in [0.1, 0.15) is 30.0 Å². The number of carbonyl (C=O) groups is 1. The average Bonchev–Trinajstić information content (AvgIpc) is 3.62. The molecule has 436 valence electrons. The van der Waals surface area contributed by atoms with Crippen molar-refractivity contribution in [1.82, 2.24) is 0 Å². The summed E-state index contributed by atoms with van der Waals surface area (Å²) in [7, 11) is -9.59. The minimum Gasteiger partial charge on any atom is -0.387 e. The second-order valence-corrected chi connectivity index (χ2v) is 27.2. The van der Waals surface area contributed by atoms with E-state index < -0.39 is 104 Å². The first kappa shape index (κ1) is 57.2. The molecule has 0 aromatic carbocycles. The van der Waals surface area contributed by atoms with Gasteiger partial charge in [0.25, 0.3) is 0 Å². The molecule has 11 heterocycles. The van der Waals surface area contributed by atoms with Gasteiger partial charge >= 0.3 is 20.8 Å². The molecule has 11 aliphatic rings. The Balaban J connectivity index is 0.742. The van der Waals surface area contributed by atoms with Gasteiger partial charge in [-0.05, 0) is 96.6 Å². The van der Waals surface area contributed by atoms with Crippen molar-refractivity contribution in [3.8, 4) is 0 Å². The first-order chi connectivity index (χ1) is 36.3. The summed E-state index contributed by atoms with van der Waals surface area (Å²) in [6.45, 7) is 16.0. The number of allylic oxidation sites excluding steroid dienone is 1. The predicted molar refractivity (Wildman–Crippen MR) is 270 cm³/mol. The quantitative estimate of drug-likeness (QED) is 0.0965. The van der Waals surface area contributed by atoms with Gasteiger partial charge in [0.2, 0.25) is 0 Å². The molecule has 0 aromatic heterocycles. The van der Waals surface area contributed by atoms with E-state index in [2.05, 4.69) is 38.5 Å². The van der Waals surface area contributed by atoms with Gasteiger partial charge in [0, 0.05) is 44.9 Å². The molecule has 0 radical (unpaired) electrons. The van der Waals surface area contributed by atoms with E-state index in [0.29, 0.717) is 63.4 Å². The zero-order valence-electron chi connectivity index (χ0n) is 45.2. The largest absolute Gasteiger partial charge is 0.397 e. The van der Waals surface area contributed by atoms with E-state index >= 15 is 0 Å². The van der Waals surface area contributed by atoms with Crippen molar-refractivity contribution in [2.45, 2.75) is 295 Å². The Morgan fingerprint density at radius 3 is 1.92 bits per heavy atom. The highest BCUT2D eigenvalue weighted by Gasteiger charge is 2.65. The SMILES string of the molecule is C=C1C[C@@H]2O[C@]3(C)[C@H](C[C@H]2O[C@@H]1C(=O)/C=C/CCCC)O[C@@H]1C[C@@H]2O[C@@H]4C[C@@H]5O[C@@H]6C[C@@H]7O[C@@H]8C[C@@H]9O[C@](C)(CCCOS(=O)(=O)O)[C@@H](OS(=O)(=O)O)C[C@H]9O[C@H]8C[C@H]7O[C@H]6CC[C@@]5(C)O[C@@]4(C)CC[C@H](C)[C@H]2O[C@H]1[C@H]3O. The number of aliphatic hydroxyl groups excluding tert-OH is 1. The van der Waals surface area contributed by atoms with Gasteiger partial charge in [-0.2, -0.15) is 16.8 Å². The fourth-order valence-corrected chi connectivity index (χ4v) is 16.1. The van der Waals surface area contributed by atoms with E-state index in [1.54, 1.807) is 13.0 Å². The van der Waals surface area contributed by atoms with E-state index in [1.165, 1.54) is 0 Å². The minimum atomic E-state index is -4.90. The van der Waals surface area contributed by atoms with Gasteiger partial charge in [0.15, 0.2) is 5.78 Å². The van der Waals surface area contributed by atoms with Crippen molar-refractivity contribution in [3.63, 3.8) is 0 Å². The molecule has 23 heteroatoms. The molecule has 0 unspecified atom stereocenters. The highest BCUT2D eigenvalue weighted by Crippen LogP contribution is 2.54. The molecule has 0 aromatic rings. The molecule has 0 saturated carbocycles. The maximum atomic E-state index is 13.3. The average molecular weight is 1130 g/mol. The van der Waals surface area contributed by atoms with E-state index in [9.17, 15) is 31.3 Å².